The molecule has 1 aliphatic heterocycles. The van der Waals surface area contributed by atoms with Crippen molar-refractivity contribution in [3.8, 4) is 0 Å². The zero-order valence-corrected chi connectivity index (χ0v) is 8.11. The summed E-state index contributed by atoms with van der Waals surface area (Å²) < 4.78 is 0. The fourth-order valence-electron chi connectivity index (χ4n) is 1.17. The highest BCUT2D eigenvalue weighted by atomic mass is 32.2. The SMILES string of the molecule is CCC1SC(CC)C(=O)NC1=O. The number of hydrogen-bond donors (Lipinski definition) is 1. The van der Waals surface area contributed by atoms with Crippen LogP contribution in [-0.4, -0.2) is 22.3 Å². The van der Waals surface area contributed by atoms with Gasteiger partial charge in [-0.05, 0) is 12.8 Å². The number of carbonyl (C=O) groups excluding carboxylic acids is 2. The molecule has 2 atom stereocenters. The lowest BCUT2D eigenvalue weighted by molar-refractivity contribution is -0.130. The Morgan fingerprint density at radius 3 is 1.92 bits per heavy atom. The summed E-state index contributed by atoms with van der Waals surface area (Å²) in [6, 6.07) is 0. The quantitative estimate of drug-likeness (QED) is 0.654. The fourth-order valence-corrected chi connectivity index (χ4v) is 2.31. The zero-order valence-electron chi connectivity index (χ0n) is 7.29. The van der Waals surface area contributed by atoms with Crippen molar-refractivity contribution in [2.24, 2.45) is 0 Å². The molecule has 1 fully saturated rings. The summed E-state index contributed by atoms with van der Waals surface area (Å²) in [4.78, 5) is 22.3. The van der Waals surface area contributed by atoms with Crippen LogP contribution in [0.2, 0.25) is 0 Å². The molecule has 0 aliphatic carbocycles. The van der Waals surface area contributed by atoms with Gasteiger partial charge in [0, 0.05) is 0 Å². The monoisotopic (exact) mass is 187 g/mol. The predicted octanol–water partition coefficient (Wildman–Crippen LogP) is 0.933. The second kappa shape index (κ2) is 3.94. The van der Waals surface area contributed by atoms with Crippen LogP contribution in [0.3, 0.4) is 0 Å². The Bertz CT molecular complexity index is 185. The van der Waals surface area contributed by atoms with Crippen molar-refractivity contribution in [3.63, 3.8) is 0 Å². The van der Waals surface area contributed by atoms with Crippen molar-refractivity contribution >= 4 is 23.6 Å². The van der Waals surface area contributed by atoms with Gasteiger partial charge in [0.1, 0.15) is 0 Å². The van der Waals surface area contributed by atoms with Crippen LogP contribution in [0.5, 0.6) is 0 Å². The molecule has 3 nitrogen and oxygen atoms in total. The lowest BCUT2D eigenvalue weighted by Gasteiger charge is -2.25. The van der Waals surface area contributed by atoms with Crippen LogP contribution in [0.15, 0.2) is 0 Å². The third kappa shape index (κ3) is 1.80. The second-order valence-corrected chi connectivity index (χ2v) is 4.19. The third-order valence-electron chi connectivity index (χ3n) is 1.90. The topological polar surface area (TPSA) is 46.2 Å². The Morgan fingerprint density at radius 1 is 1.17 bits per heavy atom. The van der Waals surface area contributed by atoms with Gasteiger partial charge in [-0.2, -0.15) is 0 Å². The Kier molecular flexibility index (Phi) is 3.14. The van der Waals surface area contributed by atoms with Gasteiger partial charge in [-0.1, -0.05) is 13.8 Å². The molecule has 0 aromatic heterocycles. The van der Waals surface area contributed by atoms with E-state index in [2.05, 4.69) is 5.32 Å². The number of hydrogen-bond acceptors (Lipinski definition) is 3. The molecule has 0 radical (unpaired) electrons. The Hall–Kier alpha value is -0.510. The standard InChI is InChI=1S/C8H13NO2S/c1-3-5-7(10)9-8(11)6(4-2)12-5/h5-6H,3-4H2,1-2H3,(H,9,10,11). The molecule has 68 valence electrons. The van der Waals surface area contributed by atoms with Crippen LogP contribution in [0.4, 0.5) is 0 Å². The number of amides is 2. The lowest BCUT2D eigenvalue weighted by atomic mass is 10.2. The van der Waals surface area contributed by atoms with Crippen molar-refractivity contribution in [2.45, 2.75) is 37.2 Å². The largest absolute Gasteiger partial charge is 0.295 e. The van der Waals surface area contributed by atoms with E-state index in [-0.39, 0.29) is 22.3 Å². The number of nitrogens with one attached hydrogen (secondary N) is 1. The van der Waals surface area contributed by atoms with Crippen molar-refractivity contribution < 1.29 is 9.59 Å². The summed E-state index contributed by atoms with van der Waals surface area (Å²) in [6.07, 6.45) is 1.58. The Labute approximate surface area is 76.3 Å². The Balaban J connectivity index is 2.62. The number of imide groups is 1. The molecule has 1 aliphatic rings. The first kappa shape index (κ1) is 9.58. The van der Waals surface area contributed by atoms with Crippen LogP contribution in [0.1, 0.15) is 26.7 Å². The predicted molar refractivity (Wildman–Crippen MR) is 48.9 cm³/mol. The molecule has 1 rings (SSSR count). The van der Waals surface area contributed by atoms with E-state index in [1.165, 1.54) is 11.8 Å². The van der Waals surface area contributed by atoms with Gasteiger partial charge in [-0.3, -0.25) is 14.9 Å². The van der Waals surface area contributed by atoms with E-state index in [0.29, 0.717) is 0 Å². The summed E-state index contributed by atoms with van der Waals surface area (Å²) in [5.41, 5.74) is 0. The highest BCUT2D eigenvalue weighted by Crippen LogP contribution is 2.26. The van der Waals surface area contributed by atoms with Crippen LogP contribution < -0.4 is 5.32 Å². The van der Waals surface area contributed by atoms with Gasteiger partial charge in [0.05, 0.1) is 10.5 Å². The minimum absolute atomic E-state index is 0.0346. The molecule has 1 saturated heterocycles. The van der Waals surface area contributed by atoms with Crippen LogP contribution in [0.25, 0.3) is 0 Å². The molecule has 4 heteroatoms. The van der Waals surface area contributed by atoms with Crippen molar-refractivity contribution in [1.82, 2.24) is 5.32 Å². The maximum atomic E-state index is 11.1. The molecule has 0 aromatic rings. The Morgan fingerprint density at radius 2 is 1.58 bits per heavy atom. The minimum atomic E-state index is -0.128. The van der Waals surface area contributed by atoms with E-state index < -0.39 is 0 Å². The van der Waals surface area contributed by atoms with Gasteiger partial charge in [-0.15, -0.1) is 11.8 Å². The summed E-state index contributed by atoms with van der Waals surface area (Å²) in [6.45, 7) is 3.92. The van der Waals surface area contributed by atoms with Crippen molar-refractivity contribution in [1.29, 1.82) is 0 Å². The molecule has 1 heterocycles. The van der Waals surface area contributed by atoms with E-state index in [1.807, 2.05) is 13.8 Å². The van der Waals surface area contributed by atoms with E-state index in [0.717, 1.165) is 12.8 Å². The van der Waals surface area contributed by atoms with Gasteiger partial charge < -0.3 is 0 Å². The van der Waals surface area contributed by atoms with Crippen LogP contribution >= 0.6 is 11.8 Å². The molecular weight excluding hydrogens is 174 g/mol. The first-order valence-corrected chi connectivity index (χ1v) is 5.13. The normalized spacial score (nSPS) is 30.2. The van der Waals surface area contributed by atoms with Crippen LogP contribution in [0, 0.1) is 0 Å². The first-order chi connectivity index (χ1) is 5.69. The van der Waals surface area contributed by atoms with Crippen molar-refractivity contribution in [2.75, 3.05) is 0 Å². The van der Waals surface area contributed by atoms with Gasteiger partial charge in [0.25, 0.3) is 0 Å². The maximum absolute atomic E-state index is 11.1. The summed E-state index contributed by atoms with van der Waals surface area (Å²) in [7, 11) is 0. The maximum Gasteiger partial charge on any atom is 0.239 e. The van der Waals surface area contributed by atoms with Gasteiger partial charge in [0.15, 0.2) is 0 Å². The summed E-state index contributed by atoms with van der Waals surface area (Å²) >= 11 is 1.49. The molecule has 0 aromatic carbocycles. The number of rotatable bonds is 2. The van der Waals surface area contributed by atoms with E-state index >= 15 is 0 Å². The molecule has 12 heavy (non-hydrogen) atoms. The molecule has 0 saturated carbocycles. The first-order valence-electron chi connectivity index (χ1n) is 4.19. The molecule has 2 amide bonds. The minimum Gasteiger partial charge on any atom is -0.295 e. The van der Waals surface area contributed by atoms with Gasteiger partial charge >= 0.3 is 0 Å². The van der Waals surface area contributed by atoms with Gasteiger partial charge in [0.2, 0.25) is 11.8 Å². The number of thioether (sulfide) groups is 1. The smallest absolute Gasteiger partial charge is 0.239 e. The molecule has 2 unspecified atom stereocenters. The highest BCUT2D eigenvalue weighted by Gasteiger charge is 2.32. The average Bonchev–Trinajstić information content (AvgIpc) is 2.05. The lowest BCUT2D eigenvalue weighted by Crippen LogP contribution is -2.47. The number of carbonyl (C=O) groups is 2. The molecule has 1 N–H and O–H groups in total. The molecule has 0 spiro atoms. The summed E-state index contributed by atoms with van der Waals surface area (Å²) in [5.74, 6) is -0.255. The van der Waals surface area contributed by atoms with Crippen molar-refractivity contribution in [3.05, 3.63) is 0 Å². The van der Waals surface area contributed by atoms with E-state index in [9.17, 15) is 9.59 Å². The third-order valence-corrected chi connectivity index (χ3v) is 3.65. The molecule has 0 bridgehead atoms. The zero-order chi connectivity index (χ0) is 9.14. The highest BCUT2D eigenvalue weighted by molar-refractivity contribution is 8.02. The second-order valence-electron chi connectivity index (χ2n) is 2.78. The van der Waals surface area contributed by atoms with E-state index in [1.54, 1.807) is 0 Å². The molecular formula is C8H13NO2S. The summed E-state index contributed by atoms with van der Waals surface area (Å²) in [5, 5.41) is 2.31. The van der Waals surface area contributed by atoms with E-state index in [4.69, 9.17) is 0 Å². The fraction of sp³-hybridized carbons (Fsp3) is 0.750. The average molecular weight is 187 g/mol. The van der Waals surface area contributed by atoms with Gasteiger partial charge in [-0.25, -0.2) is 0 Å². The van der Waals surface area contributed by atoms with Crippen LogP contribution in [-0.2, 0) is 9.59 Å².